The lowest BCUT2D eigenvalue weighted by molar-refractivity contribution is 0.572. The molecule has 0 saturated carbocycles. The molecular weight excluding hydrogens is 389 g/mol. The van der Waals surface area contributed by atoms with Gasteiger partial charge in [0.25, 0.3) is 0 Å². The van der Waals surface area contributed by atoms with Crippen molar-refractivity contribution in [3.63, 3.8) is 0 Å². The largest absolute Gasteiger partial charge is 0.251 e. The standard InChI is InChI=1S/C13H16IN3O2S/c1-10(2)20(18,19)8-7-17-9-15-13(16-17)11-3-5-12(14)6-4-11/h3-6,9-10H,7-8H2,1-2H3. The fraction of sp³-hybridized carbons (Fsp3) is 0.385. The summed E-state index contributed by atoms with van der Waals surface area (Å²) in [6, 6.07) is 7.87. The second-order valence-electron chi connectivity index (χ2n) is 4.75. The second-order valence-corrected chi connectivity index (χ2v) is 8.68. The van der Waals surface area contributed by atoms with Crippen LogP contribution in [0.5, 0.6) is 0 Å². The third-order valence-electron chi connectivity index (χ3n) is 2.96. The molecule has 0 aliphatic heterocycles. The van der Waals surface area contributed by atoms with Gasteiger partial charge in [-0.3, -0.25) is 4.68 Å². The molecule has 0 unspecified atom stereocenters. The lowest BCUT2D eigenvalue weighted by Gasteiger charge is -2.06. The first-order chi connectivity index (χ1) is 9.38. The maximum absolute atomic E-state index is 11.8. The van der Waals surface area contributed by atoms with Gasteiger partial charge < -0.3 is 0 Å². The Morgan fingerprint density at radius 3 is 2.50 bits per heavy atom. The van der Waals surface area contributed by atoms with E-state index in [-0.39, 0.29) is 11.0 Å². The normalized spacial score (nSPS) is 12.0. The van der Waals surface area contributed by atoms with Crippen LogP contribution in [0.2, 0.25) is 0 Å². The summed E-state index contributed by atoms with van der Waals surface area (Å²) in [6.07, 6.45) is 1.57. The number of halogens is 1. The van der Waals surface area contributed by atoms with Crippen molar-refractivity contribution < 1.29 is 8.42 Å². The van der Waals surface area contributed by atoms with Crippen molar-refractivity contribution in [1.82, 2.24) is 14.8 Å². The zero-order chi connectivity index (χ0) is 14.8. The van der Waals surface area contributed by atoms with Crippen LogP contribution in [0.15, 0.2) is 30.6 Å². The lowest BCUT2D eigenvalue weighted by atomic mass is 10.2. The minimum absolute atomic E-state index is 0.0835. The molecule has 7 heteroatoms. The lowest BCUT2D eigenvalue weighted by Crippen LogP contribution is -2.21. The SMILES string of the molecule is CC(C)S(=O)(=O)CCn1cnc(-c2ccc(I)cc2)n1. The summed E-state index contributed by atoms with van der Waals surface area (Å²) in [5, 5.41) is 3.95. The maximum Gasteiger partial charge on any atom is 0.181 e. The number of benzene rings is 1. The predicted molar refractivity (Wildman–Crippen MR) is 87.1 cm³/mol. The molecule has 0 fully saturated rings. The average Bonchev–Trinajstić information content (AvgIpc) is 2.86. The topological polar surface area (TPSA) is 64.8 Å². The highest BCUT2D eigenvalue weighted by Crippen LogP contribution is 2.16. The van der Waals surface area contributed by atoms with Gasteiger partial charge in [-0.1, -0.05) is 12.1 Å². The van der Waals surface area contributed by atoms with Crippen molar-refractivity contribution in [2.75, 3.05) is 5.75 Å². The van der Waals surface area contributed by atoms with E-state index in [4.69, 9.17) is 0 Å². The zero-order valence-electron chi connectivity index (χ0n) is 11.3. The van der Waals surface area contributed by atoms with E-state index in [1.165, 1.54) is 0 Å². The van der Waals surface area contributed by atoms with E-state index in [1.54, 1.807) is 24.9 Å². The molecule has 20 heavy (non-hydrogen) atoms. The predicted octanol–water partition coefficient (Wildman–Crippen LogP) is 2.37. The van der Waals surface area contributed by atoms with Crippen LogP contribution in [-0.2, 0) is 16.4 Å². The van der Waals surface area contributed by atoms with Crippen LogP contribution in [0.3, 0.4) is 0 Å². The number of rotatable bonds is 5. The Hall–Kier alpha value is -0.960. The highest BCUT2D eigenvalue weighted by Gasteiger charge is 2.16. The Morgan fingerprint density at radius 2 is 1.90 bits per heavy atom. The van der Waals surface area contributed by atoms with Gasteiger partial charge in [0.05, 0.1) is 17.5 Å². The Labute approximate surface area is 132 Å². The molecule has 0 amide bonds. The Balaban J connectivity index is 2.08. The summed E-state index contributed by atoms with van der Waals surface area (Å²) < 4.78 is 26.2. The summed E-state index contributed by atoms with van der Waals surface area (Å²) in [7, 11) is -3.05. The molecule has 0 atom stereocenters. The van der Waals surface area contributed by atoms with Gasteiger partial charge in [-0.2, -0.15) is 5.10 Å². The molecule has 108 valence electrons. The molecular formula is C13H16IN3O2S. The van der Waals surface area contributed by atoms with Crippen molar-refractivity contribution in [2.24, 2.45) is 0 Å². The van der Waals surface area contributed by atoms with E-state index in [1.807, 2.05) is 24.3 Å². The summed E-state index contributed by atoms with van der Waals surface area (Å²) in [4.78, 5) is 4.22. The van der Waals surface area contributed by atoms with Gasteiger partial charge in [0, 0.05) is 9.13 Å². The second kappa shape index (κ2) is 6.21. The molecule has 1 aromatic heterocycles. The van der Waals surface area contributed by atoms with E-state index in [0.29, 0.717) is 12.4 Å². The smallest absolute Gasteiger partial charge is 0.181 e. The van der Waals surface area contributed by atoms with Crippen molar-refractivity contribution in [3.05, 3.63) is 34.2 Å². The average molecular weight is 405 g/mol. The highest BCUT2D eigenvalue weighted by atomic mass is 127. The van der Waals surface area contributed by atoms with Crippen LogP contribution in [0.25, 0.3) is 11.4 Å². The van der Waals surface area contributed by atoms with Crippen LogP contribution >= 0.6 is 22.6 Å². The third-order valence-corrected chi connectivity index (χ3v) is 5.87. The molecule has 1 aromatic carbocycles. The quantitative estimate of drug-likeness (QED) is 0.717. The molecule has 0 aliphatic carbocycles. The number of nitrogens with zero attached hydrogens (tertiary/aromatic N) is 3. The van der Waals surface area contributed by atoms with Gasteiger partial charge in [0.2, 0.25) is 0 Å². The van der Waals surface area contributed by atoms with Crippen LogP contribution in [0, 0.1) is 3.57 Å². The number of hydrogen-bond donors (Lipinski definition) is 0. The van der Waals surface area contributed by atoms with Gasteiger partial charge >= 0.3 is 0 Å². The molecule has 2 aromatic rings. The first kappa shape index (κ1) is 15.4. The molecule has 0 N–H and O–H groups in total. The molecule has 0 bridgehead atoms. The number of hydrogen-bond acceptors (Lipinski definition) is 4. The van der Waals surface area contributed by atoms with Gasteiger partial charge in [-0.25, -0.2) is 13.4 Å². The van der Waals surface area contributed by atoms with Crippen molar-refractivity contribution in [3.8, 4) is 11.4 Å². The number of aromatic nitrogens is 3. The van der Waals surface area contributed by atoms with Gasteiger partial charge in [-0.05, 0) is 48.6 Å². The van der Waals surface area contributed by atoms with Crippen LogP contribution in [-0.4, -0.2) is 34.2 Å². The molecule has 2 rings (SSSR count). The molecule has 0 saturated heterocycles. The van der Waals surface area contributed by atoms with E-state index >= 15 is 0 Å². The fourth-order valence-electron chi connectivity index (χ4n) is 1.59. The minimum Gasteiger partial charge on any atom is -0.251 e. The van der Waals surface area contributed by atoms with Gasteiger partial charge in [0.1, 0.15) is 6.33 Å². The Morgan fingerprint density at radius 1 is 1.25 bits per heavy atom. The Kier molecular flexibility index (Phi) is 4.79. The summed E-state index contributed by atoms with van der Waals surface area (Å²) in [5.41, 5.74) is 0.927. The highest BCUT2D eigenvalue weighted by molar-refractivity contribution is 14.1. The van der Waals surface area contributed by atoms with E-state index in [2.05, 4.69) is 32.7 Å². The van der Waals surface area contributed by atoms with E-state index in [9.17, 15) is 8.42 Å². The van der Waals surface area contributed by atoms with Crippen molar-refractivity contribution in [2.45, 2.75) is 25.6 Å². The molecule has 0 radical (unpaired) electrons. The Bertz CT molecular complexity index is 678. The number of sulfone groups is 1. The van der Waals surface area contributed by atoms with Gasteiger partial charge in [0.15, 0.2) is 15.7 Å². The van der Waals surface area contributed by atoms with Gasteiger partial charge in [-0.15, -0.1) is 0 Å². The van der Waals surface area contributed by atoms with E-state index in [0.717, 1.165) is 9.13 Å². The van der Waals surface area contributed by atoms with Crippen molar-refractivity contribution in [1.29, 1.82) is 0 Å². The molecule has 0 spiro atoms. The fourth-order valence-corrected chi connectivity index (χ4v) is 2.86. The van der Waals surface area contributed by atoms with Crippen LogP contribution < -0.4 is 0 Å². The third kappa shape index (κ3) is 3.78. The molecule has 5 nitrogen and oxygen atoms in total. The maximum atomic E-state index is 11.8. The minimum atomic E-state index is -3.05. The van der Waals surface area contributed by atoms with Crippen LogP contribution in [0.4, 0.5) is 0 Å². The molecule has 1 heterocycles. The summed E-state index contributed by atoms with van der Waals surface area (Å²) >= 11 is 2.24. The van der Waals surface area contributed by atoms with Crippen LogP contribution in [0.1, 0.15) is 13.8 Å². The van der Waals surface area contributed by atoms with Crippen molar-refractivity contribution >= 4 is 32.4 Å². The van der Waals surface area contributed by atoms with E-state index < -0.39 is 9.84 Å². The molecule has 0 aliphatic rings. The zero-order valence-corrected chi connectivity index (χ0v) is 14.3. The summed E-state index contributed by atoms with van der Waals surface area (Å²) in [6.45, 7) is 3.71. The first-order valence-electron chi connectivity index (χ1n) is 6.25. The first-order valence-corrected chi connectivity index (χ1v) is 9.05. The number of aryl methyl sites for hydroxylation is 1. The summed E-state index contributed by atoms with van der Waals surface area (Å²) in [5.74, 6) is 0.698. The monoisotopic (exact) mass is 405 g/mol.